The van der Waals surface area contributed by atoms with E-state index in [1.807, 2.05) is 0 Å². The largest absolute Gasteiger partial charge is 0.383 e. The summed E-state index contributed by atoms with van der Waals surface area (Å²) >= 11 is 5.46. The van der Waals surface area contributed by atoms with E-state index >= 15 is 0 Å². The van der Waals surface area contributed by atoms with Gasteiger partial charge in [0.25, 0.3) is 0 Å². The third-order valence-corrected chi connectivity index (χ3v) is 3.55. The first-order valence-electron chi connectivity index (χ1n) is 6.36. The second kappa shape index (κ2) is 6.16. The molecule has 0 saturated heterocycles. The number of thiocarbonyl (C=S) groups is 1. The third kappa shape index (κ3) is 3.00. The number of rotatable bonds is 3. The Balaban J connectivity index is 2.09. The molecule has 0 fully saturated rings. The maximum atomic E-state index is 5.46. The minimum Gasteiger partial charge on any atom is -0.383 e. The van der Waals surface area contributed by atoms with Gasteiger partial charge in [-0.2, -0.15) is 0 Å². The normalized spacial score (nSPS) is 14.2. The van der Waals surface area contributed by atoms with Gasteiger partial charge in [0.05, 0.1) is 6.61 Å². The average Bonchev–Trinajstić information content (AvgIpc) is 2.37. The molecule has 0 atom stereocenters. The molecule has 98 valence electrons. The molecule has 1 aliphatic rings. The van der Waals surface area contributed by atoms with Gasteiger partial charge in [0.15, 0.2) is 5.11 Å². The minimum atomic E-state index is 0.675. The van der Waals surface area contributed by atoms with E-state index in [1.165, 1.54) is 16.8 Å². The van der Waals surface area contributed by atoms with Crippen LogP contribution in [0.3, 0.4) is 0 Å². The lowest BCUT2D eigenvalue weighted by Gasteiger charge is -2.32. The molecule has 0 aliphatic carbocycles. The van der Waals surface area contributed by atoms with Gasteiger partial charge in [-0.1, -0.05) is 17.7 Å². The zero-order chi connectivity index (χ0) is 13.0. The molecule has 1 N–H and O–H groups in total. The number of hydrogen-bond donors (Lipinski definition) is 1. The van der Waals surface area contributed by atoms with Gasteiger partial charge in [-0.3, -0.25) is 0 Å². The number of fused-ring (bicyclic) bond motifs is 1. The van der Waals surface area contributed by atoms with Crippen LogP contribution in [0.4, 0.5) is 5.69 Å². The van der Waals surface area contributed by atoms with E-state index in [9.17, 15) is 0 Å². The Kier molecular flexibility index (Phi) is 4.55. The fraction of sp³-hybridized carbons (Fsp3) is 0.500. The van der Waals surface area contributed by atoms with Gasteiger partial charge in [0.1, 0.15) is 0 Å². The predicted molar refractivity (Wildman–Crippen MR) is 79.3 cm³/mol. The molecule has 2 rings (SSSR count). The molecular formula is C14H20N2OS. The molecule has 1 aromatic rings. The fourth-order valence-electron chi connectivity index (χ4n) is 2.29. The van der Waals surface area contributed by atoms with E-state index in [-0.39, 0.29) is 0 Å². The highest BCUT2D eigenvalue weighted by atomic mass is 32.1. The highest BCUT2D eigenvalue weighted by molar-refractivity contribution is 7.80. The van der Waals surface area contributed by atoms with Crippen molar-refractivity contribution < 1.29 is 4.74 Å². The standard InChI is InChI=1S/C14H20N2OS/c1-11-5-6-13-12(10-11)4-3-8-16(13)14(18)15-7-9-17-2/h5-6,10H,3-4,7-9H2,1-2H3,(H,15,18). The summed E-state index contributed by atoms with van der Waals surface area (Å²) in [5.41, 5.74) is 3.97. The smallest absolute Gasteiger partial charge is 0.173 e. The summed E-state index contributed by atoms with van der Waals surface area (Å²) in [5.74, 6) is 0. The van der Waals surface area contributed by atoms with Crippen molar-refractivity contribution in [2.75, 3.05) is 31.7 Å². The lowest BCUT2D eigenvalue weighted by molar-refractivity contribution is 0.204. The van der Waals surface area contributed by atoms with Crippen LogP contribution in [0.25, 0.3) is 0 Å². The van der Waals surface area contributed by atoms with Crippen molar-refractivity contribution in [3.8, 4) is 0 Å². The molecule has 0 unspecified atom stereocenters. The maximum Gasteiger partial charge on any atom is 0.173 e. The molecule has 0 amide bonds. The lowest BCUT2D eigenvalue weighted by Crippen LogP contribution is -2.43. The van der Waals surface area contributed by atoms with E-state index in [0.29, 0.717) is 6.61 Å². The van der Waals surface area contributed by atoms with E-state index in [4.69, 9.17) is 17.0 Å². The Morgan fingerprint density at radius 1 is 1.50 bits per heavy atom. The van der Waals surface area contributed by atoms with Gasteiger partial charge in [-0.25, -0.2) is 0 Å². The first-order valence-corrected chi connectivity index (χ1v) is 6.77. The summed E-state index contributed by atoms with van der Waals surface area (Å²) < 4.78 is 5.02. The first kappa shape index (κ1) is 13.3. The SMILES string of the molecule is COCCNC(=S)N1CCCc2cc(C)ccc21. The Morgan fingerprint density at radius 3 is 3.11 bits per heavy atom. The van der Waals surface area contributed by atoms with Crippen molar-refractivity contribution in [3.05, 3.63) is 29.3 Å². The Hall–Kier alpha value is -1.13. The average molecular weight is 264 g/mol. The van der Waals surface area contributed by atoms with E-state index < -0.39 is 0 Å². The molecule has 0 aromatic heterocycles. The van der Waals surface area contributed by atoms with Gasteiger partial charge in [0.2, 0.25) is 0 Å². The number of anilines is 1. The molecule has 1 heterocycles. The zero-order valence-corrected chi connectivity index (χ0v) is 11.8. The number of benzene rings is 1. The quantitative estimate of drug-likeness (QED) is 0.668. The number of hydrogen-bond acceptors (Lipinski definition) is 2. The molecule has 0 radical (unpaired) electrons. The number of nitrogens with one attached hydrogen (secondary N) is 1. The van der Waals surface area contributed by atoms with Gasteiger partial charge in [0, 0.05) is 25.9 Å². The summed E-state index contributed by atoms with van der Waals surface area (Å²) in [6.07, 6.45) is 2.30. The molecule has 0 bridgehead atoms. The minimum absolute atomic E-state index is 0.675. The molecule has 1 aliphatic heterocycles. The van der Waals surface area contributed by atoms with E-state index in [2.05, 4.69) is 35.3 Å². The molecule has 1 aromatic carbocycles. The molecule has 4 heteroatoms. The van der Waals surface area contributed by atoms with Gasteiger partial charge in [-0.15, -0.1) is 0 Å². The van der Waals surface area contributed by atoms with E-state index in [0.717, 1.165) is 31.0 Å². The van der Waals surface area contributed by atoms with Crippen LogP contribution >= 0.6 is 12.2 Å². The number of nitrogens with zero attached hydrogens (tertiary/aromatic N) is 1. The Morgan fingerprint density at radius 2 is 2.33 bits per heavy atom. The maximum absolute atomic E-state index is 5.46. The molecule has 0 spiro atoms. The lowest BCUT2D eigenvalue weighted by atomic mass is 10.00. The van der Waals surface area contributed by atoms with Crippen LogP contribution in [-0.2, 0) is 11.2 Å². The zero-order valence-electron chi connectivity index (χ0n) is 11.0. The van der Waals surface area contributed by atoms with Crippen LogP contribution < -0.4 is 10.2 Å². The van der Waals surface area contributed by atoms with Crippen LogP contribution in [0.1, 0.15) is 17.5 Å². The van der Waals surface area contributed by atoms with Crippen molar-refractivity contribution >= 4 is 23.0 Å². The molecule has 18 heavy (non-hydrogen) atoms. The summed E-state index contributed by atoms with van der Waals surface area (Å²) in [7, 11) is 1.70. The van der Waals surface area contributed by atoms with Gasteiger partial charge in [-0.05, 0) is 43.6 Å². The number of aryl methyl sites for hydroxylation is 2. The Labute approximate surface area is 114 Å². The van der Waals surface area contributed by atoms with Crippen LogP contribution in [-0.4, -0.2) is 31.9 Å². The summed E-state index contributed by atoms with van der Waals surface area (Å²) in [5, 5.41) is 4.04. The molecular weight excluding hydrogens is 244 g/mol. The summed E-state index contributed by atoms with van der Waals surface area (Å²) in [6.45, 7) is 4.56. The molecule has 0 saturated carbocycles. The van der Waals surface area contributed by atoms with Crippen molar-refractivity contribution in [2.45, 2.75) is 19.8 Å². The van der Waals surface area contributed by atoms with Crippen molar-refractivity contribution in [1.82, 2.24) is 5.32 Å². The van der Waals surface area contributed by atoms with Crippen LogP contribution in [0.5, 0.6) is 0 Å². The van der Waals surface area contributed by atoms with Crippen LogP contribution in [0.2, 0.25) is 0 Å². The van der Waals surface area contributed by atoms with Gasteiger partial charge >= 0.3 is 0 Å². The number of ether oxygens (including phenoxy) is 1. The highest BCUT2D eigenvalue weighted by Crippen LogP contribution is 2.27. The monoisotopic (exact) mass is 264 g/mol. The first-order chi connectivity index (χ1) is 8.72. The third-order valence-electron chi connectivity index (χ3n) is 3.18. The van der Waals surface area contributed by atoms with Crippen LogP contribution in [0.15, 0.2) is 18.2 Å². The summed E-state index contributed by atoms with van der Waals surface area (Å²) in [4.78, 5) is 2.20. The second-order valence-electron chi connectivity index (χ2n) is 4.61. The summed E-state index contributed by atoms with van der Waals surface area (Å²) in [6, 6.07) is 6.59. The van der Waals surface area contributed by atoms with Crippen molar-refractivity contribution in [3.63, 3.8) is 0 Å². The van der Waals surface area contributed by atoms with E-state index in [1.54, 1.807) is 7.11 Å². The van der Waals surface area contributed by atoms with Crippen molar-refractivity contribution in [2.24, 2.45) is 0 Å². The highest BCUT2D eigenvalue weighted by Gasteiger charge is 2.19. The predicted octanol–water partition coefficient (Wildman–Crippen LogP) is 2.27. The Bertz CT molecular complexity index is 434. The topological polar surface area (TPSA) is 24.5 Å². The second-order valence-corrected chi connectivity index (χ2v) is 5.00. The van der Waals surface area contributed by atoms with Crippen molar-refractivity contribution in [1.29, 1.82) is 0 Å². The van der Waals surface area contributed by atoms with Crippen LogP contribution in [0, 0.1) is 6.92 Å². The number of methoxy groups -OCH3 is 1. The molecule has 3 nitrogen and oxygen atoms in total. The van der Waals surface area contributed by atoms with Gasteiger partial charge < -0.3 is 15.0 Å². The fourth-order valence-corrected chi connectivity index (χ4v) is 2.58.